The Bertz CT molecular complexity index is 580. The molecule has 1 aliphatic carbocycles. The number of para-hydroxylation sites is 1. The van der Waals surface area contributed by atoms with E-state index in [9.17, 15) is 19.3 Å². The average Bonchev–Trinajstić information content (AvgIpc) is 2.40. The molecule has 21 heavy (non-hydrogen) atoms. The normalized spacial score (nSPS) is 25.3. The minimum Gasteiger partial charge on any atom is -0.481 e. The molecule has 0 radical (unpaired) electrons. The molecule has 3 N–H and O–H groups in total. The summed E-state index contributed by atoms with van der Waals surface area (Å²) in [6.07, 6.45) is 0.568. The summed E-state index contributed by atoms with van der Waals surface area (Å²) in [5, 5.41) is 20.0. The van der Waals surface area contributed by atoms with Crippen LogP contribution in [0.25, 0.3) is 0 Å². The molecule has 1 fully saturated rings. The van der Waals surface area contributed by atoms with Gasteiger partial charge in [-0.2, -0.15) is 0 Å². The first-order valence-electron chi connectivity index (χ1n) is 6.45. The maximum Gasteiger partial charge on any atom is 0.323 e. The molecule has 0 heterocycles. The number of aliphatic carboxylic acids is 1. The highest BCUT2D eigenvalue weighted by Crippen LogP contribution is 2.35. The third kappa shape index (κ3) is 3.10. The summed E-state index contributed by atoms with van der Waals surface area (Å²) >= 11 is 0. The number of rotatable bonds is 4. The van der Waals surface area contributed by atoms with Gasteiger partial charge in [0.25, 0.3) is 0 Å². The number of hydrogen-bond acceptors (Lipinski definition) is 5. The van der Waals surface area contributed by atoms with Crippen molar-refractivity contribution in [1.29, 1.82) is 0 Å². The van der Waals surface area contributed by atoms with Gasteiger partial charge in [0.15, 0.2) is 5.82 Å². The fourth-order valence-electron chi connectivity index (χ4n) is 2.47. The Balaban J connectivity index is 2.23. The zero-order valence-corrected chi connectivity index (χ0v) is 11.1. The second-order valence-electron chi connectivity index (χ2n) is 5.14. The van der Waals surface area contributed by atoms with Gasteiger partial charge in [-0.1, -0.05) is 6.07 Å². The number of carbonyl (C=O) groups is 1. The summed E-state index contributed by atoms with van der Waals surface area (Å²) in [6, 6.07) is 3.40. The van der Waals surface area contributed by atoms with Gasteiger partial charge < -0.3 is 15.6 Å². The number of nitrogens with zero attached hydrogens (tertiary/aromatic N) is 1. The first kappa shape index (κ1) is 15.2. The molecular weight excluding hydrogens is 283 g/mol. The molecule has 1 aliphatic rings. The number of nitrogens with two attached hydrogens (primary N) is 1. The first-order valence-corrected chi connectivity index (χ1v) is 6.45. The predicted molar refractivity (Wildman–Crippen MR) is 70.5 cm³/mol. The molecule has 0 aromatic heterocycles. The van der Waals surface area contributed by atoms with Crippen LogP contribution in [0.5, 0.6) is 5.75 Å². The Kier molecular flexibility index (Phi) is 4.08. The molecule has 1 aromatic rings. The molecule has 8 heteroatoms. The quantitative estimate of drug-likeness (QED) is 0.647. The number of hydrogen-bond donors (Lipinski definition) is 2. The molecule has 7 nitrogen and oxygen atoms in total. The summed E-state index contributed by atoms with van der Waals surface area (Å²) in [7, 11) is 0. The van der Waals surface area contributed by atoms with E-state index in [0.717, 1.165) is 12.1 Å². The van der Waals surface area contributed by atoms with E-state index in [4.69, 9.17) is 15.6 Å². The van der Waals surface area contributed by atoms with Crippen LogP contribution in [0.1, 0.15) is 25.7 Å². The zero-order chi connectivity index (χ0) is 15.6. The summed E-state index contributed by atoms with van der Waals surface area (Å²) < 4.78 is 19.1. The van der Waals surface area contributed by atoms with Crippen LogP contribution in [0.3, 0.4) is 0 Å². The number of carboxylic acids is 1. The topological polar surface area (TPSA) is 116 Å². The standard InChI is InChI=1S/C13H15FN2O5/c14-9-4-1-5-10(16(19)20)11(9)21-8-3-2-6-13(15,7-8)12(17)18/h1,4-5,8H,2-3,6-7,15H2,(H,17,18). The molecule has 0 spiro atoms. The molecule has 2 atom stereocenters. The first-order chi connectivity index (χ1) is 9.83. The number of carboxylic acid groups (broad SMARTS) is 1. The lowest BCUT2D eigenvalue weighted by atomic mass is 9.81. The Labute approximate surface area is 119 Å². The van der Waals surface area contributed by atoms with Crippen LogP contribution in [0, 0.1) is 15.9 Å². The van der Waals surface area contributed by atoms with Crippen molar-refractivity contribution in [3.05, 3.63) is 34.1 Å². The number of nitro benzene ring substituents is 1. The smallest absolute Gasteiger partial charge is 0.323 e. The maximum absolute atomic E-state index is 13.7. The molecule has 0 aliphatic heterocycles. The van der Waals surface area contributed by atoms with E-state index < -0.39 is 39.8 Å². The van der Waals surface area contributed by atoms with Gasteiger partial charge in [0.1, 0.15) is 11.6 Å². The van der Waals surface area contributed by atoms with Crippen LogP contribution >= 0.6 is 0 Å². The maximum atomic E-state index is 13.7. The van der Waals surface area contributed by atoms with Crippen molar-refractivity contribution in [3.8, 4) is 5.75 Å². The van der Waals surface area contributed by atoms with Gasteiger partial charge >= 0.3 is 11.7 Å². The van der Waals surface area contributed by atoms with Crippen LogP contribution in [-0.2, 0) is 4.79 Å². The van der Waals surface area contributed by atoms with Crippen LogP contribution in [-0.4, -0.2) is 27.6 Å². The fourth-order valence-corrected chi connectivity index (χ4v) is 2.47. The van der Waals surface area contributed by atoms with Gasteiger partial charge in [0, 0.05) is 12.5 Å². The van der Waals surface area contributed by atoms with Crippen molar-refractivity contribution in [2.45, 2.75) is 37.3 Å². The van der Waals surface area contributed by atoms with E-state index in [-0.39, 0.29) is 6.42 Å². The van der Waals surface area contributed by atoms with Crippen LogP contribution in [0.4, 0.5) is 10.1 Å². The van der Waals surface area contributed by atoms with Crippen molar-refractivity contribution in [3.63, 3.8) is 0 Å². The molecule has 1 saturated carbocycles. The van der Waals surface area contributed by atoms with E-state index in [1.165, 1.54) is 6.07 Å². The number of benzene rings is 1. The van der Waals surface area contributed by atoms with Crippen molar-refractivity contribution >= 4 is 11.7 Å². The monoisotopic (exact) mass is 298 g/mol. The largest absolute Gasteiger partial charge is 0.481 e. The summed E-state index contributed by atoms with van der Waals surface area (Å²) in [5.74, 6) is -2.48. The Morgan fingerprint density at radius 3 is 2.90 bits per heavy atom. The third-order valence-corrected chi connectivity index (χ3v) is 3.59. The van der Waals surface area contributed by atoms with Gasteiger partial charge in [-0.3, -0.25) is 14.9 Å². The third-order valence-electron chi connectivity index (χ3n) is 3.59. The Morgan fingerprint density at radius 1 is 1.57 bits per heavy atom. The molecule has 0 bridgehead atoms. The van der Waals surface area contributed by atoms with Crippen LogP contribution in [0.2, 0.25) is 0 Å². The number of halogens is 1. The average molecular weight is 298 g/mol. The van der Waals surface area contributed by atoms with E-state index in [1.807, 2.05) is 0 Å². The van der Waals surface area contributed by atoms with Crippen molar-refractivity contribution in [1.82, 2.24) is 0 Å². The van der Waals surface area contributed by atoms with Crippen LogP contribution < -0.4 is 10.5 Å². The van der Waals surface area contributed by atoms with Crippen molar-refractivity contribution in [2.24, 2.45) is 5.73 Å². The van der Waals surface area contributed by atoms with Gasteiger partial charge in [-0.05, 0) is 25.3 Å². The van der Waals surface area contributed by atoms with Crippen molar-refractivity contribution < 1.29 is 24.0 Å². The minimum atomic E-state index is -1.44. The second-order valence-corrected chi connectivity index (χ2v) is 5.14. The fraction of sp³-hybridized carbons (Fsp3) is 0.462. The lowest BCUT2D eigenvalue weighted by Gasteiger charge is -2.34. The minimum absolute atomic E-state index is 0.0200. The van der Waals surface area contributed by atoms with Gasteiger partial charge in [-0.25, -0.2) is 4.39 Å². The Hall–Kier alpha value is -2.22. The zero-order valence-electron chi connectivity index (χ0n) is 11.1. The summed E-state index contributed by atoms with van der Waals surface area (Å²) in [4.78, 5) is 21.3. The lowest BCUT2D eigenvalue weighted by molar-refractivity contribution is -0.386. The number of nitro groups is 1. The SMILES string of the molecule is NC1(C(=O)O)CCCC(Oc2c(F)cccc2[N+](=O)[O-])C1. The molecule has 2 unspecified atom stereocenters. The predicted octanol–water partition coefficient (Wildman–Crippen LogP) is 1.84. The molecule has 2 rings (SSSR count). The number of ether oxygens (including phenoxy) is 1. The highest BCUT2D eigenvalue weighted by atomic mass is 19.1. The summed E-state index contributed by atoms with van der Waals surface area (Å²) in [6.45, 7) is 0. The molecular formula is C13H15FN2O5. The summed E-state index contributed by atoms with van der Waals surface area (Å²) in [5.41, 5.74) is 3.85. The highest BCUT2D eigenvalue weighted by Gasteiger charge is 2.41. The van der Waals surface area contributed by atoms with Gasteiger partial charge in [0.05, 0.1) is 4.92 Å². The molecule has 114 valence electrons. The van der Waals surface area contributed by atoms with E-state index >= 15 is 0 Å². The molecule has 0 amide bonds. The lowest BCUT2D eigenvalue weighted by Crippen LogP contribution is -2.53. The highest BCUT2D eigenvalue weighted by molar-refractivity contribution is 5.78. The van der Waals surface area contributed by atoms with Gasteiger partial charge in [0.2, 0.25) is 5.75 Å². The van der Waals surface area contributed by atoms with E-state index in [2.05, 4.69) is 0 Å². The van der Waals surface area contributed by atoms with Crippen LogP contribution in [0.15, 0.2) is 18.2 Å². The van der Waals surface area contributed by atoms with Crippen molar-refractivity contribution in [2.75, 3.05) is 0 Å². The second kappa shape index (κ2) is 5.65. The van der Waals surface area contributed by atoms with Gasteiger partial charge in [-0.15, -0.1) is 0 Å². The van der Waals surface area contributed by atoms with E-state index in [1.54, 1.807) is 0 Å². The molecule has 0 saturated heterocycles. The molecule has 1 aromatic carbocycles. The Morgan fingerprint density at radius 2 is 2.29 bits per heavy atom. The van der Waals surface area contributed by atoms with E-state index in [0.29, 0.717) is 19.3 Å².